The van der Waals surface area contributed by atoms with Gasteiger partial charge in [0.15, 0.2) is 5.65 Å². The van der Waals surface area contributed by atoms with Crippen molar-refractivity contribution in [2.45, 2.75) is 37.8 Å². The first kappa shape index (κ1) is 14.5. The number of rotatable bonds is 2. The maximum absolute atomic E-state index is 13.0. The molecule has 0 saturated heterocycles. The number of aromatic nitrogens is 3. The number of allylic oxidation sites excluding steroid dienone is 4. The molecule has 2 aliphatic carbocycles. The molecule has 2 aromatic rings. The Hall–Kier alpha value is -2.11. The molecule has 0 bridgehead atoms. The number of alkyl halides is 3. The molecule has 6 heteroatoms. The largest absolute Gasteiger partial charge is 0.452 e. The van der Waals surface area contributed by atoms with Crippen LogP contribution in [0.15, 0.2) is 42.1 Å². The highest BCUT2D eigenvalue weighted by atomic mass is 19.4. The van der Waals surface area contributed by atoms with Crippen molar-refractivity contribution in [3.63, 3.8) is 0 Å². The maximum atomic E-state index is 13.0. The van der Waals surface area contributed by atoms with Crippen molar-refractivity contribution < 1.29 is 13.2 Å². The highest BCUT2D eigenvalue weighted by molar-refractivity contribution is 5.45. The molecule has 0 spiro atoms. The lowest BCUT2D eigenvalue weighted by molar-refractivity contribution is -0.145. The molecule has 0 aliphatic heterocycles. The minimum absolute atomic E-state index is 0.207. The van der Waals surface area contributed by atoms with E-state index in [9.17, 15) is 13.2 Å². The third kappa shape index (κ3) is 2.46. The van der Waals surface area contributed by atoms with Gasteiger partial charge in [-0.05, 0) is 42.4 Å². The van der Waals surface area contributed by atoms with Crippen LogP contribution in [0.2, 0.25) is 0 Å². The second kappa shape index (κ2) is 4.69. The van der Waals surface area contributed by atoms with E-state index >= 15 is 0 Å². The van der Waals surface area contributed by atoms with Crippen LogP contribution < -0.4 is 0 Å². The Balaban J connectivity index is 1.73. The molecule has 0 amide bonds. The van der Waals surface area contributed by atoms with Crippen LogP contribution >= 0.6 is 0 Å². The number of halogens is 3. The Kier molecular flexibility index (Phi) is 2.95. The second-order valence-corrected chi connectivity index (χ2v) is 6.60. The summed E-state index contributed by atoms with van der Waals surface area (Å²) in [7, 11) is 0. The van der Waals surface area contributed by atoms with Crippen molar-refractivity contribution in [3.05, 3.63) is 53.5 Å². The lowest BCUT2D eigenvalue weighted by Gasteiger charge is -2.29. The average Bonchev–Trinajstić information content (AvgIpc) is 3.25. The number of hydrogen-bond acceptors (Lipinski definition) is 2. The van der Waals surface area contributed by atoms with Gasteiger partial charge in [-0.25, -0.2) is 0 Å². The van der Waals surface area contributed by atoms with Gasteiger partial charge in [-0.3, -0.25) is 4.40 Å². The van der Waals surface area contributed by atoms with Gasteiger partial charge in [0.25, 0.3) is 0 Å². The number of hydrogen-bond donors (Lipinski definition) is 0. The molecule has 0 unspecified atom stereocenters. The Bertz CT molecular complexity index is 827. The van der Waals surface area contributed by atoms with Crippen LogP contribution in [0, 0.1) is 5.92 Å². The normalized spacial score (nSPS) is 25.0. The van der Waals surface area contributed by atoms with Gasteiger partial charge < -0.3 is 0 Å². The summed E-state index contributed by atoms with van der Waals surface area (Å²) < 4.78 is 40.1. The fourth-order valence-corrected chi connectivity index (χ4v) is 3.10. The quantitative estimate of drug-likeness (QED) is 0.826. The Morgan fingerprint density at radius 1 is 1.22 bits per heavy atom. The molecular weight excluding hydrogens is 303 g/mol. The van der Waals surface area contributed by atoms with Crippen molar-refractivity contribution in [2.75, 3.05) is 0 Å². The van der Waals surface area contributed by atoms with Crippen LogP contribution in [0.1, 0.15) is 37.6 Å². The fraction of sp³-hybridized carbons (Fsp3) is 0.412. The summed E-state index contributed by atoms with van der Waals surface area (Å²) in [5, 5.41) is 6.88. The van der Waals surface area contributed by atoms with E-state index in [1.807, 2.05) is 13.0 Å². The van der Waals surface area contributed by atoms with Crippen LogP contribution in [0.3, 0.4) is 0 Å². The zero-order valence-corrected chi connectivity index (χ0v) is 12.6. The summed E-state index contributed by atoms with van der Waals surface area (Å²) in [6, 6.07) is 3.43. The van der Waals surface area contributed by atoms with Gasteiger partial charge in [0.1, 0.15) is 0 Å². The third-order valence-electron chi connectivity index (χ3n) is 4.77. The van der Waals surface area contributed by atoms with Gasteiger partial charge in [0.2, 0.25) is 5.82 Å². The van der Waals surface area contributed by atoms with E-state index < -0.39 is 12.0 Å². The molecule has 23 heavy (non-hydrogen) atoms. The molecule has 2 aliphatic rings. The van der Waals surface area contributed by atoms with Gasteiger partial charge in [0, 0.05) is 11.6 Å². The molecule has 1 saturated carbocycles. The summed E-state index contributed by atoms with van der Waals surface area (Å²) in [6.45, 7) is 2.04. The topological polar surface area (TPSA) is 30.2 Å². The van der Waals surface area contributed by atoms with Crippen LogP contribution in [0.4, 0.5) is 13.2 Å². The maximum Gasteiger partial charge on any atom is 0.452 e. The fourth-order valence-electron chi connectivity index (χ4n) is 3.10. The van der Waals surface area contributed by atoms with Gasteiger partial charge in [-0.2, -0.15) is 13.2 Å². The Morgan fingerprint density at radius 3 is 2.61 bits per heavy atom. The molecule has 2 aromatic heterocycles. The molecule has 1 atom stereocenters. The lowest BCUT2D eigenvalue weighted by atomic mass is 9.76. The molecule has 1 fully saturated rings. The average molecular weight is 319 g/mol. The van der Waals surface area contributed by atoms with E-state index in [-0.39, 0.29) is 11.1 Å². The smallest absolute Gasteiger partial charge is 0.278 e. The Labute approximate surface area is 131 Å². The molecule has 0 aromatic carbocycles. The van der Waals surface area contributed by atoms with Gasteiger partial charge in [-0.15, -0.1) is 10.2 Å². The van der Waals surface area contributed by atoms with E-state index in [1.54, 1.807) is 6.07 Å². The van der Waals surface area contributed by atoms with E-state index in [0.717, 1.165) is 16.4 Å². The van der Waals surface area contributed by atoms with Gasteiger partial charge in [-0.1, -0.05) is 31.2 Å². The monoisotopic (exact) mass is 319 g/mol. The van der Waals surface area contributed by atoms with E-state index in [0.29, 0.717) is 5.92 Å². The second-order valence-electron chi connectivity index (χ2n) is 6.60. The first-order valence-electron chi connectivity index (χ1n) is 7.69. The first-order valence-corrected chi connectivity index (χ1v) is 7.69. The van der Waals surface area contributed by atoms with Crippen molar-refractivity contribution in [3.8, 4) is 0 Å². The molecule has 3 nitrogen and oxygen atoms in total. The zero-order chi connectivity index (χ0) is 16.2. The van der Waals surface area contributed by atoms with E-state index in [2.05, 4.69) is 28.4 Å². The van der Waals surface area contributed by atoms with Crippen LogP contribution in [-0.4, -0.2) is 14.6 Å². The van der Waals surface area contributed by atoms with Crippen molar-refractivity contribution in [2.24, 2.45) is 5.92 Å². The first-order chi connectivity index (χ1) is 10.9. The lowest BCUT2D eigenvalue weighted by Crippen LogP contribution is -2.21. The van der Waals surface area contributed by atoms with Crippen LogP contribution in [0.25, 0.3) is 5.65 Å². The molecular formula is C17H16F3N3. The molecule has 120 valence electrons. The predicted molar refractivity (Wildman–Crippen MR) is 79.9 cm³/mol. The molecule has 0 N–H and O–H groups in total. The minimum Gasteiger partial charge on any atom is -0.278 e. The highest BCUT2D eigenvalue weighted by Crippen LogP contribution is 2.42. The summed E-state index contributed by atoms with van der Waals surface area (Å²) in [5.41, 5.74) is 2.10. The minimum atomic E-state index is -4.51. The van der Waals surface area contributed by atoms with Crippen LogP contribution in [-0.2, 0) is 11.6 Å². The molecule has 2 heterocycles. The van der Waals surface area contributed by atoms with Crippen LogP contribution in [0.5, 0.6) is 0 Å². The number of fused-ring (bicyclic) bond motifs is 1. The Morgan fingerprint density at radius 2 is 2.00 bits per heavy atom. The van der Waals surface area contributed by atoms with Gasteiger partial charge in [0.05, 0.1) is 0 Å². The SMILES string of the molecule is C[C@]1(c2ccc3nnc(C(F)(F)F)n3c2)C=CC(C2CC2)=CC1. The predicted octanol–water partition coefficient (Wildman–Crippen LogP) is 4.30. The summed E-state index contributed by atoms with van der Waals surface area (Å²) in [4.78, 5) is 0. The molecule has 0 radical (unpaired) electrons. The summed E-state index contributed by atoms with van der Waals surface area (Å²) in [5.74, 6) is -0.292. The molecule has 4 rings (SSSR count). The van der Waals surface area contributed by atoms with Crippen molar-refractivity contribution in [1.29, 1.82) is 0 Å². The number of pyridine rings is 1. The summed E-state index contributed by atoms with van der Waals surface area (Å²) >= 11 is 0. The zero-order valence-electron chi connectivity index (χ0n) is 12.6. The third-order valence-corrected chi connectivity index (χ3v) is 4.77. The van der Waals surface area contributed by atoms with E-state index in [4.69, 9.17) is 0 Å². The van der Waals surface area contributed by atoms with E-state index in [1.165, 1.54) is 24.6 Å². The van der Waals surface area contributed by atoms with Gasteiger partial charge >= 0.3 is 6.18 Å². The standard InChI is InChI=1S/C17H16F3N3/c1-16(8-6-12(7-9-16)11-2-3-11)13-4-5-14-21-22-15(17(18,19)20)23(14)10-13/h4-8,10-11H,2-3,9H2,1H3/t16-/m0/s1. The summed E-state index contributed by atoms with van der Waals surface area (Å²) in [6.07, 6.45) is 6.74. The van der Waals surface area contributed by atoms with Crippen molar-refractivity contribution in [1.82, 2.24) is 14.6 Å². The number of nitrogens with zero attached hydrogens (tertiary/aromatic N) is 3. The highest BCUT2D eigenvalue weighted by Gasteiger charge is 2.37. The van der Waals surface area contributed by atoms with Crippen molar-refractivity contribution >= 4 is 5.65 Å².